The Morgan fingerprint density at radius 1 is 1.11 bits per heavy atom. The maximum atomic E-state index is 14.0. The van der Waals surface area contributed by atoms with Crippen LogP contribution in [0, 0.1) is 5.82 Å². The summed E-state index contributed by atoms with van der Waals surface area (Å²) in [5, 5.41) is 5.01. The van der Waals surface area contributed by atoms with Crippen LogP contribution < -0.4 is 10.5 Å². The van der Waals surface area contributed by atoms with Gasteiger partial charge in [-0.2, -0.15) is 5.10 Å². The van der Waals surface area contributed by atoms with Crippen LogP contribution in [0.1, 0.15) is 83.2 Å². The Kier molecular flexibility index (Phi) is 7.91. The normalized spacial score (nSPS) is 23.7. The maximum Gasteiger partial charge on any atom is 0.252 e. The Balaban J connectivity index is 1.51. The van der Waals surface area contributed by atoms with Gasteiger partial charge in [0.1, 0.15) is 17.6 Å². The van der Waals surface area contributed by atoms with E-state index < -0.39 is 0 Å². The zero-order valence-electron chi connectivity index (χ0n) is 23.5. The average molecular weight is 524 g/mol. The molecule has 0 aliphatic carbocycles. The van der Waals surface area contributed by atoms with Crippen molar-refractivity contribution in [3.05, 3.63) is 57.8 Å². The highest BCUT2D eigenvalue weighted by atomic mass is 19.1. The van der Waals surface area contributed by atoms with E-state index in [4.69, 9.17) is 9.84 Å². The molecule has 0 amide bonds. The lowest BCUT2D eigenvalue weighted by molar-refractivity contribution is -0.0390. The van der Waals surface area contributed by atoms with Crippen molar-refractivity contribution in [1.29, 1.82) is 0 Å². The summed E-state index contributed by atoms with van der Waals surface area (Å²) >= 11 is 0. The van der Waals surface area contributed by atoms with Gasteiger partial charge in [0.15, 0.2) is 0 Å². The maximum absolute atomic E-state index is 14.0. The monoisotopic (exact) mass is 523 g/mol. The number of aryl methyl sites for hydroxylation is 2. The van der Waals surface area contributed by atoms with Gasteiger partial charge in [0.05, 0.1) is 17.4 Å². The number of fused-ring (bicyclic) bond motifs is 1. The van der Waals surface area contributed by atoms with Crippen LogP contribution in [0.2, 0.25) is 0 Å². The van der Waals surface area contributed by atoms with Gasteiger partial charge in [-0.15, -0.1) is 0 Å². The second kappa shape index (κ2) is 11.2. The molecule has 4 heterocycles. The quantitative estimate of drug-likeness (QED) is 0.405. The van der Waals surface area contributed by atoms with Crippen molar-refractivity contribution in [2.24, 2.45) is 7.05 Å². The van der Waals surface area contributed by atoms with E-state index in [9.17, 15) is 9.18 Å². The largest absolute Gasteiger partial charge is 0.364 e. The Morgan fingerprint density at radius 2 is 1.89 bits per heavy atom. The molecule has 2 unspecified atom stereocenters. The van der Waals surface area contributed by atoms with Crippen LogP contribution in [-0.2, 0) is 18.2 Å². The van der Waals surface area contributed by atoms with E-state index in [0.717, 1.165) is 80.5 Å². The van der Waals surface area contributed by atoms with E-state index in [-0.39, 0.29) is 29.7 Å². The Labute approximate surface area is 225 Å². The van der Waals surface area contributed by atoms with Crippen LogP contribution >= 0.6 is 0 Å². The van der Waals surface area contributed by atoms with Gasteiger partial charge >= 0.3 is 0 Å². The lowest BCUT2D eigenvalue weighted by Crippen LogP contribution is -2.59. The summed E-state index contributed by atoms with van der Waals surface area (Å²) < 4.78 is 23.6. The van der Waals surface area contributed by atoms with Crippen LogP contribution in [0.5, 0.6) is 0 Å². The molecular weight excluding hydrogens is 481 g/mol. The van der Waals surface area contributed by atoms with Crippen LogP contribution in [0.3, 0.4) is 0 Å². The summed E-state index contributed by atoms with van der Waals surface area (Å²) in [5.74, 6) is -0.172. The lowest BCUT2D eigenvalue weighted by atomic mass is 9.93. The minimum atomic E-state index is -0.172. The number of hydrogen-bond acceptors (Lipinski definition) is 5. The number of piperazine rings is 1. The number of halogens is 1. The van der Waals surface area contributed by atoms with Gasteiger partial charge in [-0.25, -0.2) is 9.07 Å². The SMILES string of the molecule is CCc1cc(F)ccc1C(C)N1C[C@H](CC)N(c2cc(=O)n(C)c3cn(C4CCCCO4)nc23)C[C@H]1CC. The van der Waals surface area contributed by atoms with Gasteiger partial charge in [0, 0.05) is 50.9 Å². The molecule has 3 aromatic rings. The number of benzene rings is 1. The summed E-state index contributed by atoms with van der Waals surface area (Å²) in [6.45, 7) is 11.2. The molecule has 2 aliphatic heterocycles. The molecule has 2 aromatic heterocycles. The summed E-state index contributed by atoms with van der Waals surface area (Å²) in [6, 6.07) is 7.71. The molecule has 2 fully saturated rings. The second-order valence-corrected chi connectivity index (χ2v) is 10.9. The van der Waals surface area contributed by atoms with Crippen molar-refractivity contribution in [1.82, 2.24) is 19.2 Å². The van der Waals surface area contributed by atoms with Crippen molar-refractivity contribution in [2.75, 3.05) is 24.6 Å². The van der Waals surface area contributed by atoms with E-state index >= 15 is 0 Å². The highest BCUT2D eigenvalue weighted by Crippen LogP contribution is 2.36. The fourth-order valence-corrected chi connectivity index (χ4v) is 6.43. The molecule has 4 atom stereocenters. The molecule has 206 valence electrons. The van der Waals surface area contributed by atoms with Gasteiger partial charge in [-0.1, -0.05) is 26.8 Å². The fraction of sp³-hybridized carbons (Fsp3) is 0.600. The molecule has 2 aliphatic rings. The topological polar surface area (TPSA) is 55.5 Å². The zero-order valence-corrected chi connectivity index (χ0v) is 23.5. The van der Waals surface area contributed by atoms with Gasteiger partial charge in [0.25, 0.3) is 5.56 Å². The van der Waals surface area contributed by atoms with Crippen molar-refractivity contribution in [3.63, 3.8) is 0 Å². The Hall–Kier alpha value is -2.71. The first-order valence-electron chi connectivity index (χ1n) is 14.4. The molecule has 0 N–H and O–H groups in total. The van der Waals surface area contributed by atoms with Crippen molar-refractivity contribution in [2.45, 2.75) is 90.6 Å². The number of rotatable bonds is 7. The van der Waals surface area contributed by atoms with Crippen LogP contribution in [-0.4, -0.2) is 51.0 Å². The molecule has 0 radical (unpaired) electrons. The Bertz CT molecular complexity index is 1330. The predicted molar refractivity (Wildman–Crippen MR) is 150 cm³/mol. The summed E-state index contributed by atoms with van der Waals surface area (Å²) in [4.78, 5) is 18.1. The molecule has 2 saturated heterocycles. The molecule has 7 nitrogen and oxygen atoms in total. The molecule has 8 heteroatoms. The first kappa shape index (κ1) is 26.9. The number of aromatic nitrogens is 3. The van der Waals surface area contributed by atoms with Crippen molar-refractivity contribution < 1.29 is 9.13 Å². The van der Waals surface area contributed by atoms with E-state index in [1.54, 1.807) is 22.8 Å². The van der Waals surface area contributed by atoms with Crippen LogP contribution in [0.4, 0.5) is 10.1 Å². The third-order valence-corrected chi connectivity index (χ3v) is 8.78. The third kappa shape index (κ3) is 4.89. The predicted octanol–water partition coefficient (Wildman–Crippen LogP) is 5.58. The molecule has 0 bridgehead atoms. The number of hydrogen-bond donors (Lipinski definition) is 0. The summed E-state index contributed by atoms with van der Waals surface area (Å²) in [7, 11) is 1.82. The molecule has 1 aromatic carbocycles. The first-order valence-corrected chi connectivity index (χ1v) is 14.4. The van der Waals surface area contributed by atoms with Gasteiger partial charge < -0.3 is 14.2 Å². The molecule has 0 saturated carbocycles. The number of ether oxygens (including phenoxy) is 1. The average Bonchev–Trinajstić information content (AvgIpc) is 3.40. The minimum absolute atomic E-state index is 0.0192. The molecule has 5 rings (SSSR count). The minimum Gasteiger partial charge on any atom is -0.364 e. The van der Waals surface area contributed by atoms with Gasteiger partial charge in [-0.05, 0) is 68.7 Å². The zero-order chi connectivity index (χ0) is 27.0. The van der Waals surface area contributed by atoms with Crippen LogP contribution in [0.25, 0.3) is 11.0 Å². The lowest BCUT2D eigenvalue weighted by Gasteiger charge is -2.49. The fourth-order valence-electron chi connectivity index (χ4n) is 6.43. The van der Waals surface area contributed by atoms with Gasteiger partial charge in [-0.3, -0.25) is 9.69 Å². The van der Waals surface area contributed by atoms with E-state index in [0.29, 0.717) is 6.04 Å². The van der Waals surface area contributed by atoms with E-state index in [1.807, 2.05) is 24.0 Å². The second-order valence-electron chi connectivity index (χ2n) is 10.9. The Morgan fingerprint density at radius 3 is 2.58 bits per heavy atom. The highest BCUT2D eigenvalue weighted by Gasteiger charge is 2.37. The molecular formula is C30H42FN5O2. The highest BCUT2D eigenvalue weighted by molar-refractivity contribution is 5.88. The smallest absolute Gasteiger partial charge is 0.252 e. The summed E-state index contributed by atoms with van der Waals surface area (Å²) in [6.07, 6.45) is 7.79. The number of nitrogens with zero attached hydrogens (tertiary/aromatic N) is 5. The third-order valence-electron chi connectivity index (χ3n) is 8.78. The van der Waals surface area contributed by atoms with Crippen LogP contribution in [0.15, 0.2) is 35.3 Å². The molecule has 0 spiro atoms. The van der Waals surface area contributed by atoms with E-state index in [1.165, 1.54) is 5.56 Å². The molecule has 38 heavy (non-hydrogen) atoms. The van der Waals surface area contributed by atoms with Gasteiger partial charge in [0.2, 0.25) is 0 Å². The number of anilines is 1. The van der Waals surface area contributed by atoms with Crippen molar-refractivity contribution >= 4 is 16.7 Å². The van der Waals surface area contributed by atoms with E-state index in [2.05, 4.69) is 37.5 Å². The van der Waals surface area contributed by atoms with Crippen molar-refractivity contribution in [3.8, 4) is 0 Å². The summed E-state index contributed by atoms with van der Waals surface area (Å²) in [5.41, 5.74) is 4.90. The first-order chi connectivity index (χ1) is 18.4. The number of pyridine rings is 1. The standard InChI is InChI=1S/C30H42FN5O2/c1-6-21-15-22(31)12-13-25(21)20(4)34-17-24(8-3)35(18-23(34)7-2)26-16-28(37)33(5)27-19-36(32-30(26)27)29-11-9-10-14-38-29/h12-13,15-16,19-20,23-24,29H,6-11,14,17-18H2,1-5H3/t20?,23-,24+,29?/m1/s1.